The highest BCUT2D eigenvalue weighted by atomic mass is 79.9. The van der Waals surface area contributed by atoms with Crippen LogP contribution in [0.2, 0.25) is 0 Å². The number of halogens is 4. The highest BCUT2D eigenvalue weighted by Crippen LogP contribution is 2.52. The van der Waals surface area contributed by atoms with E-state index in [1.807, 2.05) is 0 Å². The van der Waals surface area contributed by atoms with Crippen LogP contribution in [0.15, 0.2) is 102 Å². The summed E-state index contributed by atoms with van der Waals surface area (Å²) in [6.07, 6.45) is -4.92. The van der Waals surface area contributed by atoms with E-state index in [9.17, 15) is 13.2 Å². The summed E-state index contributed by atoms with van der Waals surface area (Å²) < 4.78 is 48.6. The molecule has 5 aromatic carbocycles. The van der Waals surface area contributed by atoms with E-state index in [0.717, 1.165) is 56.1 Å². The van der Waals surface area contributed by atoms with Crippen molar-refractivity contribution < 1.29 is 17.9 Å². The summed E-state index contributed by atoms with van der Waals surface area (Å²) in [5, 5.41) is 0. The summed E-state index contributed by atoms with van der Waals surface area (Å²) in [6, 6.07) is 33.0. The fourth-order valence-corrected chi connectivity index (χ4v) is 7.98. The predicted octanol–water partition coefficient (Wildman–Crippen LogP) is 16.1. The minimum absolute atomic E-state index is 0.0976. The first-order chi connectivity index (χ1) is 26.0. The van der Waals surface area contributed by atoms with E-state index in [-0.39, 0.29) is 27.4 Å². The van der Waals surface area contributed by atoms with Gasteiger partial charge in [0.15, 0.2) is 0 Å². The Labute approximate surface area is 347 Å². The zero-order valence-electron chi connectivity index (χ0n) is 36.1. The summed E-state index contributed by atoms with van der Waals surface area (Å²) in [7, 11) is 0. The molecule has 0 saturated carbocycles. The number of hydrogen-bond acceptors (Lipinski definition) is 3. The van der Waals surface area contributed by atoms with E-state index >= 15 is 0 Å². The lowest BCUT2D eigenvalue weighted by Gasteiger charge is -2.37. The normalized spacial score (nSPS) is 14.9. The number of fused-ring (bicyclic) bond motifs is 6. The number of nitrogens with zero attached hydrogens (tertiary/aromatic N) is 2. The Morgan fingerprint density at radius 1 is 0.456 bits per heavy atom. The third-order valence-electron chi connectivity index (χ3n) is 11.2. The number of anilines is 6. The summed E-state index contributed by atoms with van der Waals surface area (Å²) >= 11 is 4.03. The first-order valence-corrected chi connectivity index (χ1v) is 20.6. The van der Waals surface area contributed by atoms with Crippen LogP contribution in [-0.2, 0) is 27.1 Å². The van der Waals surface area contributed by atoms with Gasteiger partial charge < -0.3 is 14.5 Å². The number of ether oxygens (including phenoxy) is 1. The van der Waals surface area contributed by atoms with Crippen molar-refractivity contribution in [1.82, 2.24) is 0 Å². The third kappa shape index (κ3) is 8.79. The van der Waals surface area contributed by atoms with Crippen LogP contribution in [0.5, 0.6) is 5.75 Å². The third-order valence-corrected chi connectivity index (χ3v) is 12.0. The molecule has 0 unspecified atom stereocenters. The molecule has 0 saturated heterocycles. The zero-order chi connectivity index (χ0) is 42.3. The molecule has 1 aliphatic heterocycles. The summed E-state index contributed by atoms with van der Waals surface area (Å²) in [5.74, 6) is -0.319. The topological polar surface area (TPSA) is 15.7 Å². The van der Waals surface area contributed by atoms with Gasteiger partial charge in [0.2, 0.25) is 0 Å². The number of benzene rings is 5. The Balaban J connectivity index is 1.82. The lowest BCUT2D eigenvalue weighted by Crippen LogP contribution is -2.25. The van der Waals surface area contributed by atoms with Crippen LogP contribution in [0.3, 0.4) is 0 Å². The molecule has 0 aliphatic carbocycles. The van der Waals surface area contributed by atoms with Crippen LogP contribution in [0, 0.1) is 0 Å². The van der Waals surface area contributed by atoms with E-state index in [1.165, 1.54) is 12.1 Å². The van der Waals surface area contributed by atoms with Crippen molar-refractivity contribution in [2.75, 3.05) is 9.80 Å². The molecule has 0 aromatic heterocycles. The van der Waals surface area contributed by atoms with Crippen LogP contribution in [-0.4, -0.2) is 6.36 Å². The van der Waals surface area contributed by atoms with Gasteiger partial charge in [0, 0.05) is 40.3 Å². The van der Waals surface area contributed by atoms with E-state index in [0.29, 0.717) is 15.8 Å². The minimum atomic E-state index is -4.92. The molecule has 0 fully saturated rings. The van der Waals surface area contributed by atoms with Gasteiger partial charge >= 0.3 is 6.36 Å². The van der Waals surface area contributed by atoms with E-state index in [4.69, 9.17) is 4.74 Å². The molecule has 3 nitrogen and oxygen atoms in total. The van der Waals surface area contributed by atoms with Crippen LogP contribution >= 0.6 is 15.9 Å². The summed E-state index contributed by atoms with van der Waals surface area (Å²) in [6.45, 7) is 30.7. The van der Waals surface area contributed by atoms with Crippen LogP contribution in [0.1, 0.15) is 130 Å². The van der Waals surface area contributed by atoms with E-state index in [1.54, 1.807) is 0 Å². The molecule has 5 aromatic rings. The van der Waals surface area contributed by atoms with Gasteiger partial charge in [-0.05, 0) is 120 Å². The Bertz CT molecular complexity index is 2130. The van der Waals surface area contributed by atoms with Crippen molar-refractivity contribution in [3.8, 4) is 5.75 Å². The Hall–Kier alpha value is -4.23. The van der Waals surface area contributed by atoms with Crippen LogP contribution < -0.4 is 14.5 Å². The SMILES string of the molecule is CC(C)(C)c1ccc(N2c3cc(C(C)(C)C)cc(c3)C(C)(C)c3cc(cc(C(C)(C)C)c3)N(c3ccc(C(C)(C)C)cc3)c3cc(OC(F)(F)F)cc2c3Br)cc1. The van der Waals surface area contributed by atoms with Crippen molar-refractivity contribution in [3.63, 3.8) is 0 Å². The molecular weight excluding hydrogens is 781 g/mol. The first-order valence-electron chi connectivity index (χ1n) is 19.8. The van der Waals surface area contributed by atoms with Crippen molar-refractivity contribution in [2.24, 2.45) is 0 Å². The van der Waals surface area contributed by atoms with Gasteiger partial charge in [-0.25, -0.2) is 0 Å². The van der Waals surface area contributed by atoms with Crippen LogP contribution in [0.25, 0.3) is 0 Å². The predicted molar refractivity (Wildman–Crippen MR) is 237 cm³/mol. The first kappa shape index (κ1) is 42.4. The molecule has 6 bridgehead atoms. The highest BCUT2D eigenvalue weighted by molar-refractivity contribution is 9.10. The Morgan fingerprint density at radius 2 is 0.789 bits per heavy atom. The van der Waals surface area contributed by atoms with Crippen molar-refractivity contribution in [3.05, 3.63) is 135 Å². The molecule has 0 N–H and O–H groups in total. The van der Waals surface area contributed by atoms with Gasteiger partial charge in [-0.1, -0.05) is 133 Å². The van der Waals surface area contributed by atoms with Crippen LogP contribution in [0.4, 0.5) is 47.3 Å². The molecular formula is C50H58BrF3N2O. The average molecular weight is 840 g/mol. The van der Waals surface area contributed by atoms with Gasteiger partial charge in [0.1, 0.15) is 5.75 Å². The molecule has 1 aliphatic rings. The van der Waals surface area contributed by atoms with Gasteiger partial charge in [0.25, 0.3) is 0 Å². The maximum absolute atomic E-state index is 14.4. The quantitative estimate of drug-likeness (QED) is 0.180. The molecule has 6 rings (SSSR count). The number of alkyl halides is 3. The van der Waals surface area contributed by atoms with Crippen molar-refractivity contribution in [1.29, 1.82) is 0 Å². The molecule has 0 amide bonds. The second-order valence-electron chi connectivity index (χ2n) is 20.3. The molecule has 57 heavy (non-hydrogen) atoms. The summed E-state index contributed by atoms with van der Waals surface area (Å²) in [4.78, 5) is 4.13. The molecule has 0 atom stereocenters. The number of rotatable bonds is 3. The zero-order valence-corrected chi connectivity index (χ0v) is 37.6. The smallest absolute Gasteiger partial charge is 0.406 e. The summed E-state index contributed by atoms with van der Waals surface area (Å²) in [5.41, 5.74) is 9.86. The Morgan fingerprint density at radius 3 is 1.09 bits per heavy atom. The largest absolute Gasteiger partial charge is 0.573 e. The van der Waals surface area contributed by atoms with Gasteiger partial charge in [0.05, 0.1) is 15.8 Å². The lowest BCUT2D eigenvalue weighted by molar-refractivity contribution is -0.274. The second kappa shape index (κ2) is 14.2. The van der Waals surface area contributed by atoms with Crippen molar-refractivity contribution in [2.45, 2.75) is 130 Å². The Kier molecular flexibility index (Phi) is 10.6. The molecule has 0 spiro atoms. The highest BCUT2D eigenvalue weighted by Gasteiger charge is 2.36. The maximum Gasteiger partial charge on any atom is 0.573 e. The monoisotopic (exact) mass is 838 g/mol. The molecule has 7 heteroatoms. The minimum Gasteiger partial charge on any atom is -0.406 e. The van der Waals surface area contributed by atoms with Crippen molar-refractivity contribution >= 4 is 50.1 Å². The number of hydrogen-bond donors (Lipinski definition) is 0. The van der Waals surface area contributed by atoms with E-state index in [2.05, 4.69) is 208 Å². The fourth-order valence-electron chi connectivity index (χ4n) is 7.40. The second-order valence-corrected chi connectivity index (χ2v) is 21.0. The van der Waals surface area contributed by atoms with Gasteiger partial charge in [-0.3, -0.25) is 0 Å². The lowest BCUT2D eigenvalue weighted by atomic mass is 9.73. The van der Waals surface area contributed by atoms with E-state index < -0.39 is 11.8 Å². The van der Waals surface area contributed by atoms with Gasteiger partial charge in [-0.15, -0.1) is 13.2 Å². The average Bonchev–Trinajstić information content (AvgIpc) is 3.08. The van der Waals surface area contributed by atoms with Gasteiger partial charge in [-0.2, -0.15) is 0 Å². The maximum atomic E-state index is 14.4. The molecule has 1 heterocycles. The standard InChI is InChI=1S/C50H58BrF3N2O/c1-45(2,3)31-15-19-37(20-16-31)55-39-25-33(47(7,8)9)23-35(27-39)49(13,14)36-24-34(48(10,11)12)26-40(28-36)56(38-21-17-32(18-22-38)46(4,5)6)43-30-41(57-50(52,53)54)29-42(55)44(43)51/h15-30H,1-14H3. The molecule has 0 radical (unpaired) electrons. The molecule has 302 valence electrons. The fraction of sp³-hybridized carbons (Fsp3) is 0.400.